The average molecular weight is 447 g/mol. The fourth-order valence-electron chi connectivity index (χ4n) is 3.87. The third-order valence-corrected chi connectivity index (χ3v) is 6.61. The number of carbonyl (C=O) groups is 3. The summed E-state index contributed by atoms with van der Waals surface area (Å²) in [5.74, 6) is -0.602. The number of nitrogens with zero attached hydrogens (tertiary/aromatic N) is 3. The van der Waals surface area contributed by atoms with E-state index in [0.717, 1.165) is 35.7 Å². The van der Waals surface area contributed by atoms with Crippen LogP contribution in [0.1, 0.15) is 18.1 Å². The van der Waals surface area contributed by atoms with E-state index in [1.54, 1.807) is 11.8 Å². The second kappa shape index (κ2) is 8.37. The van der Waals surface area contributed by atoms with Gasteiger partial charge in [0.2, 0.25) is 5.91 Å². The van der Waals surface area contributed by atoms with E-state index in [1.807, 2.05) is 41.1 Å². The number of hydrogen-bond acceptors (Lipinski definition) is 5. The number of piperazine rings is 1. The quantitative estimate of drug-likeness (QED) is 0.716. The molecule has 0 radical (unpaired) electrons. The molecule has 4 amide bonds. The summed E-state index contributed by atoms with van der Waals surface area (Å²) in [4.78, 5) is 43.1. The molecule has 1 atom stereocenters. The Kier molecular flexibility index (Phi) is 5.81. The average Bonchev–Trinajstić information content (AvgIpc) is 3.33. The summed E-state index contributed by atoms with van der Waals surface area (Å²) in [5.41, 5.74) is 0.747. The van der Waals surface area contributed by atoms with Crippen molar-refractivity contribution in [2.75, 3.05) is 32.7 Å². The molecule has 1 N–H and O–H groups in total. The van der Waals surface area contributed by atoms with Gasteiger partial charge in [-0.2, -0.15) is 11.3 Å². The number of halogens is 1. The summed E-state index contributed by atoms with van der Waals surface area (Å²) in [6.07, 6.45) is 0. The summed E-state index contributed by atoms with van der Waals surface area (Å²) in [6.45, 7) is 4.79. The molecule has 7 nitrogen and oxygen atoms in total. The van der Waals surface area contributed by atoms with Gasteiger partial charge < -0.3 is 10.2 Å². The Labute approximate surface area is 184 Å². The van der Waals surface area contributed by atoms with Crippen LogP contribution in [-0.4, -0.2) is 65.3 Å². The molecule has 2 fully saturated rings. The minimum Gasteiger partial charge on any atom is -0.339 e. The first-order valence-corrected chi connectivity index (χ1v) is 11.1. The normalized spacial score (nSPS) is 22.5. The smallest absolute Gasteiger partial charge is 0.325 e. The van der Waals surface area contributed by atoms with E-state index in [2.05, 4.69) is 10.2 Å². The summed E-state index contributed by atoms with van der Waals surface area (Å²) in [7, 11) is 0. The lowest BCUT2D eigenvalue weighted by Crippen LogP contribution is -2.51. The Morgan fingerprint density at radius 3 is 2.63 bits per heavy atom. The van der Waals surface area contributed by atoms with E-state index in [1.165, 1.54) is 11.3 Å². The van der Waals surface area contributed by atoms with E-state index in [0.29, 0.717) is 18.1 Å². The number of thiophene rings is 1. The van der Waals surface area contributed by atoms with E-state index >= 15 is 0 Å². The summed E-state index contributed by atoms with van der Waals surface area (Å²) in [6, 6.07) is 9.04. The highest BCUT2D eigenvalue weighted by molar-refractivity contribution is 7.08. The van der Waals surface area contributed by atoms with Crippen molar-refractivity contribution >= 4 is 40.8 Å². The van der Waals surface area contributed by atoms with Gasteiger partial charge in [-0.25, -0.2) is 4.79 Å². The van der Waals surface area contributed by atoms with Crippen LogP contribution in [0.2, 0.25) is 5.02 Å². The van der Waals surface area contributed by atoms with Crippen LogP contribution in [0.4, 0.5) is 4.79 Å². The standard InChI is InChI=1S/C21H23ClN4O3S/c1-21(16-5-10-30-14-16)19(28)26(20(29)23-21)13-18(27)25-8-6-24(7-9-25)12-15-3-2-4-17(22)11-15/h2-5,10-11,14H,6-9,12-13H2,1H3,(H,23,29)/t21-/m1/s1. The lowest BCUT2D eigenvalue weighted by Gasteiger charge is -2.35. The summed E-state index contributed by atoms with van der Waals surface area (Å²) < 4.78 is 0. The Bertz CT molecular complexity index is 959. The molecule has 0 unspecified atom stereocenters. The molecule has 4 rings (SSSR count). The second-order valence-corrected chi connectivity index (χ2v) is 8.96. The van der Waals surface area contributed by atoms with Crippen molar-refractivity contribution in [2.24, 2.45) is 0 Å². The van der Waals surface area contributed by atoms with Gasteiger partial charge >= 0.3 is 6.03 Å². The van der Waals surface area contributed by atoms with E-state index in [9.17, 15) is 14.4 Å². The molecule has 2 aromatic rings. The molecule has 3 heterocycles. The number of carbonyl (C=O) groups excluding carboxylic acids is 3. The van der Waals surface area contributed by atoms with E-state index in [-0.39, 0.29) is 18.4 Å². The van der Waals surface area contributed by atoms with Crippen LogP contribution < -0.4 is 5.32 Å². The predicted octanol–water partition coefficient (Wildman–Crippen LogP) is 2.51. The van der Waals surface area contributed by atoms with Crippen molar-refractivity contribution in [3.05, 3.63) is 57.2 Å². The van der Waals surface area contributed by atoms with Crippen LogP contribution in [0.5, 0.6) is 0 Å². The monoisotopic (exact) mass is 446 g/mol. The number of rotatable bonds is 5. The fraction of sp³-hybridized carbons (Fsp3) is 0.381. The third-order valence-electron chi connectivity index (χ3n) is 5.69. The summed E-state index contributed by atoms with van der Waals surface area (Å²) >= 11 is 7.51. The zero-order chi connectivity index (χ0) is 21.3. The number of amides is 4. The Hall–Kier alpha value is -2.42. The third kappa shape index (κ3) is 4.08. The number of benzene rings is 1. The van der Waals surface area contributed by atoms with E-state index < -0.39 is 11.6 Å². The zero-order valence-corrected chi connectivity index (χ0v) is 18.2. The first-order chi connectivity index (χ1) is 14.4. The lowest BCUT2D eigenvalue weighted by atomic mass is 9.95. The van der Waals surface area contributed by atoms with Crippen molar-refractivity contribution in [1.82, 2.24) is 20.0 Å². The van der Waals surface area contributed by atoms with Crippen LogP contribution >= 0.6 is 22.9 Å². The predicted molar refractivity (Wildman–Crippen MR) is 115 cm³/mol. The first kappa shape index (κ1) is 20.8. The molecule has 0 saturated carbocycles. The largest absolute Gasteiger partial charge is 0.339 e. The van der Waals surface area contributed by atoms with Gasteiger partial charge in [-0.3, -0.25) is 19.4 Å². The molecule has 1 aromatic carbocycles. The molecule has 2 aliphatic heterocycles. The molecule has 0 bridgehead atoms. The van der Waals surface area contributed by atoms with Crippen molar-refractivity contribution in [1.29, 1.82) is 0 Å². The summed E-state index contributed by atoms with van der Waals surface area (Å²) in [5, 5.41) is 7.14. The molecule has 0 spiro atoms. The Balaban J connectivity index is 1.33. The second-order valence-electron chi connectivity index (χ2n) is 7.75. The highest BCUT2D eigenvalue weighted by Crippen LogP contribution is 2.30. The van der Waals surface area contributed by atoms with Gasteiger partial charge in [0, 0.05) is 37.7 Å². The molecule has 9 heteroatoms. The number of imide groups is 1. The fourth-order valence-corrected chi connectivity index (χ4v) is 4.85. The SMILES string of the molecule is C[C@]1(c2ccsc2)NC(=O)N(CC(=O)N2CCN(Cc3cccc(Cl)c3)CC2)C1=O. The molecular formula is C21H23ClN4O3S. The number of urea groups is 1. The van der Waals surface area contributed by atoms with Crippen molar-refractivity contribution in [3.63, 3.8) is 0 Å². The van der Waals surface area contributed by atoms with Crippen LogP contribution in [0, 0.1) is 0 Å². The van der Waals surface area contributed by atoms with Gasteiger partial charge in [-0.1, -0.05) is 23.7 Å². The molecule has 158 valence electrons. The van der Waals surface area contributed by atoms with Crippen molar-refractivity contribution in [2.45, 2.75) is 19.0 Å². The highest BCUT2D eigenvalue weighted by atomic mass is 35.5. The highest BCUT2D eigenvalue weighted by Gasteiger charge is 2.50. The van der Waals surface area contributed by atoms with Crippen molar-refractivity contribution in [3.8, 4) is 0 Å². The minimum absolute atomic E-state index is 0.213. The topological polar surface area (TPSA) is 73.0 Å². The van der Waals surface area contributed by atoms with E-state index in [4.69, 9.17) is 11.6 Å². The molecule has 1 aromatic heterocycles. The van der Waals surface area contributed by atoms with Crippen LogP contribution in [-0.2, 0) is 21.7 Å². The van der Waals surface area contributed by atoms with Crippen LogP contribution in [0.3, 0.4) is 0 Å². The van der Waals surface area contributed by atoms with Gasteiger partial charge in [-0.15, -0.1) is 0 Å². The zero-order valence-electron chi connectivity index (χ0n) is 16.6. The molecule has 30 heavy (non-hydrogen) atoms. The maximum Gasteiger partial charge on any atom is 0.325 e. The van der Waals surface area contributed by atoms with Crippen LogP contribution in [0.25, 0.3) is 0 Å². The molecule has 2 aliphatic rings. The Morgan fingerprint density at radius 2 is 1.97 bits per heavy atom. The van der Waals surface area contributed by atoms with Gasteiger partial charge in [0.05, 0.1) is 0 Å². The maximum atomic E-state index is 12.9. The van der Waals surface area contributed by atoms with Gasteiger partial charge in [-0.05, 0) is 47.0 Å². The van der Waals surface area contributed by atoms with Crippen molar-refractivity contribution < 1.29 is 14.4 Å². The number of hydrogen-bond donors (Lipinski definition) is 1. The van der Waals surface area contributed by atoms with Gasteiger partial charge in [0.25, 0.3) is 5.91 Å². The Morgan fingerprint density at radius 1 is 1.20 bits per heavy atom. The first-order valence-electron chi connectivity index (χ1n) is 9.78. The maximum absolute atomic E-state index is 12.9. The molecular weight excluding hydrogens is 424 g/mol. The lowest BCUT2D eigenvalue weighted by molar-refractivity contribution is -0.139. The molecule has 2 saturated heterocycles. The van der Waals surface area contributed by atoms with Gasteiger partial charge in [0.1, 0.15) is 12.1 Å². The number of nitrogens with one attached hydrogen (secondary N) is 1. The van der Waals surface area contributed by atoms with Crippen LogP contribution in [0.15, 0.2) is 41.1 Å². The molecule has 0 aliphatic carbocycles. The minimum atomic E-state index is -1.12. The van der Waals surface area contributed by atoms with Gasteiger partial charge in [0.15, 0.2) is 0 Å².